The van der Waals surface area contributed by atoms with E-state index in [9.17, 15) is 4.79 Å². The Bertz CT molecular complexity index is 107. The summed E-state index contributed by atoms with van der Waals surface area (Å²) < 4.78 is 4.69. The summed E-state index contributed by atoms with van der Waals surface area (Å²) >= 11 is 3.56. The number of hydrogen-bond acceptors (Lipinski definition) is 2. The van der Waals surface area contributed by atoms with E-state index in [1.54, 1.807) is 6.92 Å². The Kier molecular flexibility index (Phi) is 5.56. The van der Waals surface area contributed by atoms with Crippen molar-refractivity contribution >= 4 is 22.4 Å². The third kappa shape index (κ3) is 6.35. The van der Waals surface area contributed by atoms with Gasteiger partial charge in [-0.05, 0) is 26.7 Å². The van der Waals surface area contributed by atoms with E-state index < -0.39 is 0 Å². The normalized spacial score (nSPS) is 18.8. The highest BCUT2D eigenvalue weighted by atomic mass is 79.9. The molecule has 0 atom stereocenters. The first-order chi connectivity index (χ1) is 5.12. The van der Waals surface area contributed by atoms with Crippen LogP contribution in [-0.2, 0) is 9.53 Å². The van der Waals surface area contributed by atoms with Gasteiger partial charge in [0.2, 0.25) is 0 Å². The second-order valence-electron chi connectivity index (χ2n) is 2.82. The molecule has 1 rings (SSSR count). The smallest absolute Gasteiger partial charge is 0.293 e. The zero-order valence-corrected chi connectivity index (χ0v) is 8.69. The molecule has 0 spiro atoms. The standard InChI is InChI=1S/C5H9Br.C3H6O2/c1-5(6)3-2-4-5;1-2-5-3-4/h2-4H2,1H3;3H,2H2,1H3. The Balaban J connectivity index is 0.000000187. The van der Waals surface area contributed by atoms with Gasteiger partial charge in [0.15, 0.2) is 0 Å². The maximum Gasteiger partial charge on any atom is 0.293 e. The number of alkyl halides is 1. The lowest BCUT2D eigenvalue weighted by Crippen LogP contribution is -2.24. The summed E-state index contributed by atoms with van der Waals surface area (Å²) in [5.74, 6) is 0. The summed E-state index contributed by atoms with van der Waals surface area (Å²) in [6, 6.07) is 0. The molecule has 11 heavy (non-hydrogen) atoms. The molecule has 1 saturated carbocycles. The van der Waals surface area contributed by atoms with Gasteiger partial charge < -0.3 is 4.74 Å². The van der Waals surface area contributed by atoms with Crippen molar-refractivity contribution in [2.75, 3.05) is 6.61 Å². The van der Waals surface area contributed by atoms with Crippen molar-refractivity contribution in [3.63, 3.8) is 0 Å². The number of carbonyl (C=O) groups excluding carboxylic acids is 1. The molecule has 0 unspecified atom stereocenters. The molecule has 0 bridgehead atoms. The van der Waals surface area contributed by atoms with Crippen LogP contribution in [0.4, 0.5) is 0 Å². The van der Waals surface area contributed by atoms with Crippen LogP contribution in [0.1, 0.15) is 33.1 Å². The Hall–Kier alpha value is -0.0500. The number of halogens is 1. The Labute approximate surface area is 76.4 Å². The molecule has 1 aliphatic carbocycles. The molecular weight excluding hydrogens is 208 g/mol. The predicted octanol–water partition coefficient (Wildman–Crippen LogP) is 2.50. The minimum Gasteiger partial charge on any atom is -0.468 e. The molecule has 0 N–H and O–H groups in total. The van der Waals surface area contributed by atoms with Crippen LogP contribution in [0, 0.1) is 0 Å². The van der Waals surface area contributed by atoms with Crippen LogP contribution in [0.2, 0.25) is 0 Å². The fraction of sp³-hybridized carbons (Fsp3) is 0.875. The zero-order valence-electron chi connectivity index (χ0n) is 7.10. The number of ether oxygens (including phenoxy) is 1. The lowest BCUT2D eigenvalue weighted by molar-refractivity contribution is -0.128. The third-order valence-corrected chi connectivity index (χ3v) is 2.42. The number of carbonyl (C=O) groups is 1. The molecule has 2 nitrogen and oxygen atoms in total. The largest absolute Gasteiger partial charge is 0.468 e. The van der Waals surface area contributed by atoms with E-state index in [2.05, 4.69) is 27.6 Å². The van der Waals surface area contributed by atoms with Gasteiger partial charge >= 0.3 is 0 Å². The van der Waals surface area contributed by atoms with E-state index in [-0.39, 0.29) is 0 Å². The highest BCUT2D eigenvalue weighted by Gasteiger charge is 2.27. The van der Waals surface area contributed by atoms with Crippen molar-refractivity contribution in [2.45, 2.75) is 37.4 Å². The third-order valence-electron chi connectivity index (χ3n) is 1.63. The maximum atomic E-state index is 9.18. The van der Waals surface area contributed by atoms with Crippen molar-refractivity contribution in [3.8, 4) is 0 Å². The molecule has 66 valence electrons. The molecule has 0 saturated heterocycles. The summed E-state index contributed by atoms with van der Waals surface area (Å²) in [6.45, 7) is 4.91. The zero-order chi connectivity index (χ0) is 8.74. The van der Waals surface area contributed by atoms with Crippen LogP contribution < -0.4 is 0 Å². The fourth-order valence-corrected chi connectivity index (χ4v) is 1.29. The predicted molar refractivity (Wildman–Crippen MR) is 48.9 cm³/mol. The first kappa shape index (κ1) is 11.0. The van der Waals surface area contributed by atoms with Gasteiger partial charge in [-0.1, -0.05) is 22.4 Å². The molecular formula is C8H15BrO2. The highest BCUT2D eigenvalue weighted by molar-refractivity contribution is 9.10. The van der Waals surface area contributed by atoms with Gasteiger partial charge in [-0.2, -0.15) is 0 Å². The van der Waals surface area contributed by atoms with E-state index in [1.807, 2.05) is 0 Å². The molecule has 1 fully saturated rings. The van der Waals surface area contributed by atoms with Gasteiger partial charge in [0.05, 0.1) is 6.61 Å². The minimum atomic E-state index is 0.431. The maximum absolute atomic E-state index is 9.18. The minimum absolute atomic E-state index is 0.431. The van der Waals surface area contributed by atoms with Crippen LogP contribution in [0.5, 0.6) is 0 Å². The average Bonchev–Trinajstić information content (AvgIpc) is 1.88. The van der Waals surface area contributed by atoms with E-state index >= 15 is 0 Å². The van der Waals surface area contributed by atoms with Crippen LogP contribution in [0.15, 0.2) is 0 Å². The second-order valence-corrected chi connectivity index (χ2v) is 4.73. The first-order valence-electron chi connectivity index (χ1n) is 3.86. The van der Waals surface area contributed by atoms with E-state index in [4.69, 9.17) is 0 Å². The summed E-state index contributed by atoms with van der Waals surface area (Å²) in [5.41, 5.74) is 0. The van der Waals surface area contributed by atoms with Gasteiger partial charge in [-0.15, -0.1) is 0 Å². The fourth-order valence-electron chi connectivity index (χ4n) is 0.732. The summed E-state index contributed by atoms with van der Waals surface area (Å²) in [5, 5.41) is 0. The van der Waals surface area contributed by atoms with Crippen LogP contribution in [0.25, 0.3) is 0 Å². The summed E-state index contributed by atoms with van der Waals surface area (Å²) in [7, 11) is 0. The van der Waals surface area contributed by atoms with Crippen molar-refractivity contribution in [2.24, 2.45) is 0 Å². The molecule has 3 heteroatoms. The van der Waals surface area contributed by atoms with E-state index in [0.717, 1.165) is 0 Å². The average molecular weight is 223 g/mol. The van der Waals surface area contributed by atoms with Gasteiger partial charge in [0, 0.05) is 4.32 Å². The SMILES string of the molecule is CC1(Br)CCC1.CCOC=O. The van der Waals surface area contributed by atoms with E-state index in [0.29, 0.717) is 17.4 Å². The van der Waals surface area contributed by atoms with Crippen molar-refractivity contribution in [1.29, 1.82) is 0 Å². The number of hydrogen-bond donors (Lipinski definition) is 0. The highest BCUT2D eigenvalue weighted by Crippen LogP contribution is 2.38. The monoisotopic (exact) mass is 222 g/mol. The molecule has 0 aromatic heterocycles. The van der Waals surface area contributed by atoms with Crippen LogP contribution >= 0.6 is 15.9 Å². The van der Waals surface area contributed by atoms with Crippen molar-refractivity contribution in [1.82, 2.24) is 0 Å². The van der Waals surface area contributed by atoms with Crippen LogP contribution in [-0.4, -0.2) is 17.4 Å². The molecule has 0 aromatic carbocycles. The Morgan fingerprint density at radius 3 is 2.09 bits per heavy atom. The Morgan fingerprint density at radius 1 is 1.64 bits per heavy atom. The molecule has 0 aromatic rings. The van der Waals surface area contributed by atoms with Gasteiger partial charge in [0.1, 0.15) is 0 Å². The van der Waals surface area contributed by atoms with Gasteiger partial charge in [0.25, 0.3) is 6.47 Å². The lowest BCUT2D eigenvalue weighted by Gasteiger charge is -2.31. The summed E-state index contributed by atoms with van der Waals surface area (Å²) in [6.07, 6.45) is 4.15. The molecule has 0 heterocycles. The van der Waals surface area contributed by atoms with E-state index in [1.165, 1.54) is 19.3 Å². The van der Waals surface area contributed by atoms with Crippen LogP contribution in [0.3, 0.4) is 0 Å². The quantitative estimate of drug-likeness (QED) is 0.531. The second kappa shape index (κ2) is 5.58. The first-order valence-corrected chi connectivity index (χ1v) is 4.66. The topological polar surface area (TPSA) is 26.3 Å². The van der Waals surface area contributed by atoms with Gasteiger partial charge in [-0.25, -0.2) is 0 Å². The van der Waals surface area contributed by atoms with Crippen molar-refractivity contribution in [3.05, 3.63) is 0 Å². The Morgan fingerprint density at radius 2 is 2.09 bits per heavy atom. The lowest BCUT2D eigenvalue weighted by atomic mass is 9.87. The molecule has 0 radical (unpaired) electrons. The molecule has 0 amide bonds. The number of rotatable bonds is 2. The molecule has 1 aliphatic rings. The van der Waals surface area contributed by atoms with Crippen molar-refractivity contribution < 1.29 is 9.53 Å². The molecule has 0 aliphatic heterocycles. The van der Waals surface area contributed by atoms with Gasteiger partial charge in [-0.3, -0.25) is 4.79 Å². The summed E-state index contributed by atoms with van der Waals surface area (Å²) in [4.78, 5) is 9.18.